The lowest BCUT2D eigenvalue weighted by molar-refractivity contribution is 1.18. The average Bonchev–Trinajstić information content (AvgIpc) is 3.61. The zero-order valence-electron chi connectivity index (χ0n) is 29.9. The van der Waals surface area contributed by atoms with E-state index in [1.807, 2.05) is 12.1 Å². The molecule has 11 aromatic rings. The second-order valence-corrected chi connectivity index (χ2v) is 14.1. The van der Waals surface area contributed by atoms with E-state index in [4.69, 9.17) is 9.97 Å². The highest BCUT2D eigenvalue weighted by atomic mass is 15.0. The summed E-state index contributed by atoms with van der Waals surface area (Å²) in [6.45, 7) is 0. The van der Waals surface area contributed by atoms with E-state index in [0.29, 0.717) is 5.82 Å². The molecule has 0 bridgehead atoms. The molecule has 0 aliphatic rings. The minimum atomic E-state index is 0.700. The Balaban J connectivity index is 1.22. The van der Waals surface area contributed by atoms with E-state index >= 15 is 0 Å². The Morgan fingerprint density at radius 3 is 1.44 bits per heavy atom. The minimum absolute atomic E-state index is 0.700. The lowest BCUT2D eigenvalue weighted by atomic mass is 9.94. The van der Waals surface area contributed by atoms with Gasteiger partial charge in [0.25, 0.3) is 0 Å². The zero-order valence-corrected chi connectivity index (χ0v) is 29.9. The van der Waals surface area contributed by atoms with Gasteiger partial charge < -0.3 is 4.57 Å². The van der Waals surface area contributed by atoms with Gasteiger partial charge in [0, 0.05) is 33.2 Å². The number of hydrogen-bond donors (Lipinski definition) is 0. The van der Waals surface area contributed by atoms with Crippen molar-refractivity contribution in [3.8, 4) is 50.7 Å². The second-order valence-electron chi connectivity index (χ2n) is 14.1. The van der Waals surface area contributed by atoms with Crippen LogP contribution in [0.25, 0.3) is 105 Å². The summed E-state index contributed by atoms with van der Waals surface area (Å²) in [5, 5.41) is 9.85. The largest absolute Gasteiger partial charge is 0.309 e. The molecule has 0 N–H and O–H groups in total. The summed E-state index contributed by atoms with van der Waals surface area (Å²) in [5.74, 6) is 0.700. The molecule has 11 rings (SSSR count). The maximum Gasteiger partial charge on any atom is 0.161 e. The standard InChI is InChI=1S/C52H33N3/c1-4-15-34(16-5-1)37-27-30-49-46(31-37)51-44(52-53-47(35-17-6-2-7-18-35)33-48(54-52)36-19-8-3-9-20-36)25-14-26-50(51)55(49)38-28-29-43-41-23-11-10-21-39(41)40-22-12-13-24-42(40)45(43)32-38/h1-33H. The molecule has 2 aromatic heterocycles. The normalized spacial score (nSPS) is 11.6. The first-order valence-corrected chi connectivity index (χ1v) is 18.7. The van der Waals surface area contributed by atoms with Gasteiger partial charge in [-0.2, -0.15) is 0 Å². The van der Waals surface area contributed by atoms with Crippen LogP contribution in [-0.4, -0.2) is 14.5 Å². The third-order valence-electron chi connectivity index (χ3n) is 11.0. The third-order valence-corrected chi connectivity index (χ3v) is 11.0. The summed E-state index contributed by atoms with van der Waals surface area (Å²) in [6.07, 6.45) is 0. The quantitative estimate of drug-likeness (QED) is 0.167. The smallest absolute Gasteiger partial charge is 0.161 e. The molecule has 0 spiro atoms. The topological polar surface area (TPSA) is 30.7 Å². The number of rotatable bonds is 5. The molecule has 0 radical (unpaired) electrons. The van der Waals surface area contributed by atoms with E-state index in [0.717, 1.165) is 55.6 Å². The molecule has 3 heteroatoms. The molecule has 0 aliphatic heterocycles. The van der Waals surface area contributed by atoms with Crippen molar-refractivity contribution in [2.75, 3.05) is 0 Å². The molecular weight excluding hydrogens is 667 g/mol. The molecule has 0 saturated carbocycles. The third kappa shape index (κ3) is 5.13. The molecule has 0 fully saturated rings. The van der Waals surface area contributed by atoms with Crippen LogP contribution in [0.15, 0.2) is 200 Å². The van der Waals surface area contributed by atoms with Crippen LogP contribution in [0.4, 0.5) is 0 Å². The molecule has 0 saturated heterocycles. The van der Waals surface area contributed by atoms with Gasteiger partial charge in [0.05, 0.1) is 22.4 Å². The van der Waals surface area contributed by atoms with Crippen molar-refractivity contribution in [2.24, 2.45) is 0 Å². The number of hydrogen-bond acceptors (Lipinski definition) is 2. The first-order chi connectivity index (χ1) is 27.3. The highest BCUT2D eigenvalue weighted by Crippen LogP contribution is 2.42. The van der Waals surface area contributed by atoms with Gasteiger partial charge in [-0.3, -0.25) is 0 Å². The molecule has 3 nitrogen and oxygen atoms in total. The number of benzene rings is 9. The van der Waals surface area contributed by atoms with Crippen molar-refractivity contribution in [3.05, 3.63) is 200 Å². The predicted octanol–water partition coefficient (Wildman–Crippen LogP) is 13.7. The average molecular weight is 700 g/mol. The van der Waals surface area contributed by atoms with Gasteiger partial charge >= 0.3 is 0 Å². The molecule has 0 atom stereocenters. The Morgan fingerprint density at radius 1 is 0.309 bits per heavy atom. The Labute approximate surface area is 318 Å². The number of aromatic nitrogens is 3. The zero-order chi connectivity index (χ0) is 36.3. The SMILES string of the molecule is c1ccc(-c2ccc3c(c2)c2c(-c4nc(-c5ccccc5)cc(-c5ccccc5)n4)cccc2n3-c2ccc3c4ccccc4c4ccccc4c3c2)cc1. The Kier molecular flexibility index (Phi) is 7.17. The first kappa shape index (κ1) is 31.2. The van der Waals surface area contributed by atoms with Crippen LogP contribution in [0.1, 0.15) is 0 Å². The fourth-order valence-electron chi connectivity index (χ4n) is 8.46. The van der Waals surface area contributed by atoms with Gasteiger partial charge in [0.1, 0.15) is 0 Å². The van der Waals surface area contributed by atoms with Crippen molar-refractivity contribution >= 4 is 54.1 Å². The van der Waals surface area contributed by atoms with Gasteiger partial charge in [-0.15, -0.1) is 0 Å². The van der Waals surface area contributed by atoms with Gasteiger partial charge in [0.15, 0.2) is 5.82 Å². The lowest BCUT2D eigenvalue weighted by Crippen LogP contribution is -1.97. The van der Waals surface area contributed by atoms with Crippen molar-refractivity contribution in [1.82, 2.24) is 14.5 Å². The van der Waals surface area contributed by atoms with Crippen LogP contribution in [-0.2, 0) is 0 Å². The fraction of sp³-hybridized carbons (Fsp3) is 0. The van der Waals surface area contributed by atoms with Crippen LogP contribution in [0.3, 0.4) is 0 Å². The Morgan fingerprint density at radius 2 is 0.836 bits per heavy atom. The monoisotopic (exact) mass is 699 g/mol. The van der Waals surface area contributed by atoms with Crippen LogP contribution < -0.4 is 0 Å². The van der Waals surface area contributed by atoms with E-state index in [1.54, 1.807) is 0 Å². The van der Waals surface area contributed by atoms with Crippen molar-refractivity contribution in [2.45, 2.75) is 0 Å². The fourth-order valence-corrected chi connectivity index (χ4v) is 8.46. The maximum absolute atomic E-state index is 5.30. The van der Waals surface area contributed by atoms with Crippen LogP contribution in [0, 0.1) is 0 Å². The molecule has 0 aliphatic carbocycles. The van der Waals surface area contributed by atoms with Crippen LogP contribution >= 0.6 is 0 Å². The Bertz CT molecular complexity index is 3140. The summed E-state index contributed by atoms with van der Waals surface area (Å²) in [7, 11) is 0. The molecule has 0 amide bonds. The minimum Gasteiger partial charge on any atom is -0.309 e. The molecule has 9 aromatic carbocycles. The molecule has 2 heterocycles. The summed E-state index contributed by atoms with van der Waals surface area (Å²) >= 11 is 0. The van der Waals surface area contributed by atoms with Crippen molar-refractivity contribution < 1.29 is 0 Å². The summed E-state index contributed by atoms with van der Waals surface area (Å²) in [5.41, 5.74) is 10.6. The van der Waals surface area contributed by atoms with Gasteiger partial charge in [-0.05, 0) is 79.8 Å². The van der Waals surface area contributed by atoms with E-state index in [1.165, 1.54) is 43.4 Å². The van der Waals surface area contributed by atoms with E-state index in [-0.39, 0.29) is 0 Å². The molecule has 256 valence electrons. The summed E-state index contributed by atoms with van der Waals surface area (Å²) in [6, 6.07) is 71.5. The number of fused-ring (bicyclic) bond motifs is 9. The molecule has 55 heavy (non-hydrogen) atoms. The predicted molar refractivity (Wildman–Crippen MR) is 231 cm³/mol. The molecule has 0 unspecified atom stereocenters. The summed E-state index contributed by atoms with van der Waals surface area (Å²) < 4.78 is 2.42. The first-order valence-electron chi connectivity index (χ1n) is 18.7. The van der Waals surface area contributed by atoms with Gasteiger partial charge in [-0.1, -0.05) is 164 Å². The maximum atomic E-state index is 5.30. The summed E-state index contributed by atoms with van der Waals surface area (Å²) in [4.78, 5) is 10.6. The highest BCUT2D eigenvalue weighted by Gasteiger charge is 2.20. The van der Waals surface area contributed by atoms with Crippen molar-refractivity contribution in [3.63, 3.8) is 0 Å². The van der Waals surface area contributed by atoms with Crippen LogP contribution in [0.2, 0.25) is 0 Å². The second kappa shape index (κ2) is 12.6. The molecular formula is C52H33N3. The number of nitrogens with zero attached hydrogens (tertiary/aromatic N) is 3. The van der Waals surface area contributed by atoms with Gasteiger partial charge in [-0.25, -0.2) is 9.97 Å². The van der Waals surface area contributed by atoms with Crippen LogP contribution in [0.5, 0.6) is 0 Å². The Hall–Kier alpha value is -7.36. The highest BCUT2D eigenvalue weighted by molar-refractivity contribution is 6.26. The van der Waals surface area contributed by atoms with E-state index in [2.05, 4.69) is 193 Å². The van der Waals surface area contributed by atoms with E-state index in [9.17, 15) is 0 Å². The lowest BCUT2D eigenvalue weighted by Gasteiger charge is -2.14. The van der Waals surface area contributed by atoms with Crippen molar-refractivity contribution in [1.29, 1.82) is 0 Å². The van der Waals surface area contributed by atoms with Gasteiger partial charge in [0.2, 0.25) is 0 Å². The van der Waals surface area contributed by atoms with E-state index < -0.39 is 0 Å².